The second kappa shape index (κ2) is 15.3. The van der Waals surface area contributed by atoms with Crippen LogP contribution >= 0.6 is 15.9 Å². The molecule has 0 spiro atoms. The molecule has 178 valence electrons. The van der Waals surface area contributed by atoms with E-state index in [2.05, 4.69) is 28.1 Å². The predicted molar refractivity (Wildman–Crippen MR) is 135 cm³/mol. The zero-order valence-corrected chi connectivity index (χ0v) is 20.5. The number of hydrogen-bond acceptors (Lipinski definition) is 3. The van der Waals surface area contributed by atoms with Gasteiger partial charge in [-0.2, -0.15) is 0 Å². The lowest BCUT2D eigenvalue weighted by Crippen LogP contribution is -2.04. The Morgan fingerprint density at radius 3 is 2.39 bits per heavy atom. The summed E-state index contributed by atoms with van der Waals surface area (Å²) in [6.07, 6.45) is 10.8. The number of alkyl halides is 1. The summed E-state index contributed by atoms with van der Waals surface area (Å²) in [6, 6.07) is 14.9. The van der Waals surface area contributed by atoms with Crippen LogP contribution < -0.4 is 4.74 Å². The lowest BCUT2D eigenvalue weighted by atomic mass is 9.92. The molecule has 0 aromatic heterocycles. The second-order valence-electron chi connectivity index (χ2n) is 8.10. The first-order valence-corrected chi connectivity index (χ1v) is 12.6. The highest BCUT2D eigenvalue weighted by atomic mass is 79.9. The zero-order valence-electron chi connectivity index (χ0n) is 18.9. The van der Waals surface area contributed by atoms with Gasteiger partial charge in [0.25, 0.3) is 0 Å². The number of carboxylic acid groups (broad SMARTS) is 2. The van der Waals surface area contributed by atoms with Crippen molar-refractivity contribution in [2.45, 2.75) is 51.4 Å². The van der Waals surface area contributed by atoms with Gasteiger partial charge in [0.2, 0.25) is 0 Å². The van der Waals surface area contributed by atoms with Crippen LogP contribution in [0, 0.1) is 5.92 Å². The fourth-order valence-corrected chi connectivity index (χ4v) is 3.98. The van der Waals surface area contributed by atoms with E-state index in [0.29, 0.717) is 13.0 Å². The van der Waals surface area contributed by atoms with Gasteiger partial charge in [-0.05, 0) is 68.2 Å². The Balaban J connectivity index is 2.06. The van der Waals surface area contributed by atoms with Crippen molar-refractivity contribution in [3.8, 4) is 5.75 Å². The van der Waals surface area contributed by atoms with Crippen molar-refractivity contribution in [1.82, 2.24) is 0 Å². The number of carbonyl (C=O) groups is 2. The van der Waals surface area contributed by atoms with Gasteiger partial charge in [-0.15, -0.1) is 0 Å². The normalized spacial score (nSPS) is 12.0. The highest BCUT2D eigenvalue weighted by Crippen LogP contribution is 2.24. The molecular formula is C27H33BrO5. The van der Waals surface area contributed by atoms with E-state index in [1.807, 2.05) is 36.4 Å². The number of unbranched alkanes of at least 4 members (excludes halogenated alkanes) is 3. The van der Waals surface area contributed by atoms with Crippen molar-refractivity contribution in [3.63, 3.8) is 0 Å². The van der Waals surface area contributed by atoms with E-state index in [-0.39, 0.29) is 17.9 Å². The molecule has 1 atom stereocenters. The second-order valence-corrected chi connectivity index (χ2v) is 8.89. The highest BCUT2D eigenvalue weighted by Gasteiger charge is 2.10. The Kier molecular flexibility index (Phi) is 12.3. The maximum atomic E-state index is 11.1. The van der Waals surface area contributed by atoms with E-state index < -0.39 is 11.9 Å². The van der Waals surface area contributed by atoms with Crippen LogP contribution in [-0.2, 0) is 11.2 Å². The topological polar surface area (TPSA) is 83.8 Å². The van der Waals surface area contributed by atoms with Crippen LogP contribution in [0.1, 0.15) is 66.4 Å². The number of ether oxygens (including phenoxy) is 1. The quantitative estimate of drug-likeness (QED) is 0.188. The molecule has 2 rings (SSSR count). The smallest absolute Gasteiger partial charge is 0.335 e. The van der Waals surface area contributed by atoms with Crippen LogP contribution in [0.4, 0.5) is 0 Å². The lowest BCUT2D eigenvalue weighted by Gasteiger charge is -2.14. The Morgan fingerprint density at radius 1 is 0.939 bits per heavy atom. The van der Waals surface area contributed by atoms with Crippen LogP contribution in [0.25, 0.3) is 6.08 Å². The molecule has 0 heterocycles. The summed E-state index contributed by atoms with van der Waals surface area (Å²) in [5.41, 5.74) is 2.36. The molecule has 5 nitrogen and oxygen atoms in total. The minimum absolute atomic E-state index is 0.176. The zero-order chi connectivity index (χ0) is 23.9. The summed E-state index contributed by atoms with van der Waals surface area (Å²) in [6.45, 7) is 0.687. The molecule has 0 bridgehead atoms. The summed E-state index contributed by atoms with van der Waals surface area (Å²) in [5, 5.41) is 19.0. The van der Waals surface area contributed by atoms with E-state index in [1.54, 1.807) is 12.1 Å². The van der Waals surface area contributed by atoms with Gasteiger partial charge in [-0.25, -0.2) is 4.79 Å². The first-order chi connectivity index (χ1) is 16.0. The third-order valence-corrected chi connectivity index (χ3v) is 5.98. The number of aromatic carboxylic acids is 1. The number of hydrogen-bond donors (Lipinski definition) is 2. The van der Waals surface area contributed by atoms with E-state index in [4.69, 9.17) is 14.9 Å². The van der Waals surface area contributed by atoms with Gasteiger partial charge in [0.05, 0.1) is 12.2 Å². The van der Waals surface area contributed by atoms with Crippen molar-refractivity contribution in [2.75, 3.05) is 11.9 Å². The summed E-state index contributed by atoms with van der Waals surface area (Å²) in [5.74, 6) is -0.631. The molecule has 0 amide bonds. The molecule has 2 N–H and O–H groups in total. The Morgan fingerprint density at radius 2 is 1.70 bits per heavy atom. The molecule has 33 heavy (non-hydrogen) atoms. The van der Waals surface area contributed by atoms with Crippen LogP contribution in [-0.4, -0.2) is 34.1 Å². The van der Waals surface area contributed by atoms with Crippen molar-refractivity contribution >= 4 is 33.9 Å². The average molecular weight is 517 g/mol. The van der Waals surface area contributed by atoms with E-state index >= 15 is 0 Å². The van der Waals surface area contributed by atoms with Crippen molar-refractivity contribution in [2.24, 2.45) is 5.92 Å². The predicted octanol–water partition coefficient (Wildman–Crippen LogP) is 6.85. The van der Waals surface area contributed by atoms with Gasteiger partial charge >= 0.3 is 11.9 Å². The minimum Gasteiger partial charge on any atom is -0.493 e. The number of aliphatic carboxylic acids is 1. The monoisotopic (exact) mass is 516 g/mol. The van der Waals surface area contributed by atoms with Gasteiger partial charge in [-0.3, -0.25) is 4.79 Å². The largest absolute Gasteiger partial charge is 0.493 e. The Hall–Kier alpha value is -2.60. The summed E-state index contributed by atoms with van der Waals surface area (Å²) < 4.78 is 6.01. The van der Waals surface area contributed by atoms with Gasteiger partial charge < -0.3 is 14.9 Å². The number of para-hydroxylation sites is 1. The molecule has 0 aliphatic rings. The standard InChI is InChI=1S/C27H33BrO5/c28-18-6-1-7-19-33-25-10-4-3-9-23(25)15-12-21(8-2-5-11-26(29)30)20-22-13-16-24(17-14-22)27(31)32/h3-4,9-10,12-17,21H,1-2,5-8,11,18-20H2,(H,29,30)(H,31,32). The number of halogens is 1. The first kappa shape index (κ1) is 26.7. The maximum Gasteiger partial charge on any atom is 0.335 e. The summed E-state index contributed by atoms with van der Waals surface area (Å²) in [4.78, 5) is 21.9. The van der Waals surface area contributed by atoms with Crippen LogP contribution in [0.2, 0.25) is 0 Å². The summed E-state index contributed by atoms with van der Waals surface area (Å²) >= 11 is 3.45. The molecule has 0 radical (unpaired) electrons. The SMILES string of the molecule is O=C(O)CCCCC(C=Cc1ccccc1OCCCCCBr)Cc1ccc(C(=O)O)cc1. The molecule has 6 heteroatoms. The molecule has 2 aromatic carbocycles. The van der Waals surface area contributed by atoms with Crippen molar-refractivity contribution in [1.29, 1.82) is 0 Å². The molecule has 0 saturated carbocycles. The van der Waals surface area contributed by atoms with E-state index in [0.717, 1.165) is 60.7 Å². The van der Waals surface area contributed by atoms with Gasteiger partial charge in [0.1, 0.15) is 5.75 Å². The number of allylic oxidation sites excluding steroid dienone is 1. The van der Waals surface area contributed by atoms with Gasteiger partial charge in [-0.1, -0.05) is 64.8 Å². The first-order valence-electron chi connectivity index (χ1n) is 11.5. The van der Waals surface area contributed by atoms with Crippen LogP contribution in [0.5, 0.6) is 5.75 Å². The molecule has 0 aliphatic carbocycles. The van der Waals surface area contributed by atoms with Crippen LogP contribution in [0.3, 0.4) is 0 Å². The van der Waals surface area contributed by atoms with Gasteiger partial charge in [0, 0.05) is 17.3 Å². The van der Waals surface area contributed by atoms with Gasteiger partial charge in [0.15, 0.2) is 0 Å². The fourth-order valence-electron chi connectivity index (χ4n) is 3.58. The number of benzene rings is 2. The van der Waals surface area contributed by atoms with Crippen LogP contribution in [0.15, 0.2) is 54.6 Å². The molecule has 1 unspecified atom stereocenters. The molecule has 0 fully saturated rings. The molecule has 0 aliphatic heterocycles. The molecule has 0 saturated heterocycles. The van der Waals surface area contributed by atoms with Crippen molar-refractivity contribution < 1.29 is 24.5 Å². The average Bonchev–Trinajstić information content (AvgIpc) is 2.80. The Bertz CT molecular complexity index is 892. The number of carboxylic acids is 2. The highest BCUT2D eigenvalue weighted by molar-refractivity contribution is 9.09. The van der Waals surface area contributed by atoms with E-state index in [1.165, 1.54) is 0 Å². The maximum absolute atomic E-state index is 11.1. The van der Waals surface area contributed by atoms with E-state index in [9.17, 15) is 9.59 Å². The third kappa shape index (κ3) is 10.7. The summed E-state index contributed by atoms with van der Waals surface area (Å²) in [7, 11) is 0. The number of rotatable bonds is 16. The minimum atomic E-state index is -0.935. The lowest BCUT2D eigenvalue weighted by molar-refractivity contribution is -0.137. The molecule has 2 aromatic rings. The van der Waals surface area contributed by atoms with Crippen molar-refractivity contribution in [3.05, 3.63) is 71.3 Å². The third-order valence-electron chi connectivity index (χ3n) is 5.42. The Labute approximate surface area is 204 Å². The fraction of sp³-hybridized carbons (Fsp3) is 0.407. The molecular weight excluding hydrogens is 484 g/mol.